The highest BCUT2D eigenvalue weighted by molar-refractivity contribution is 5.28. The lowest BCUT2D eigenvalue weighted by molar-refractivity contribution is -0.137. The summed E-state index contributed by atoms with van der Waals surface area (Å²) >= 11 is 0. The summed E-state index contributed by atoms with van der Waals surface area (Å²) < 4.78 is 42.8. The molecule has 1 heterocycles. The van der Waals surface area contributed by atoms with E-state index in [9.17, 15) is 13.2 Å². The third-order valence-electron chi connectivity index (χ3n) is 3.71. The van der Waals surface area contributed by atoms with Gasteiger partial charge in [-0.05, 0) is 24.1 Å². The molecule has 1 aromatic carbocycles. The Morgan fingerprint density at radius 1 is 1.30 bits per heavy atom. The highest BCUT2D eigenvalue weighted by Gasteiger charge is 2.34. The number of hydrogen-bond acceptors (Lipinski definition) is 3. The normalized spacial score (nSPS) is 24.2. The van der Waals surface area contributed by atoms with Gasteiger partial charge in [0.25, 0.3) is 0 Å². The fraction of sp³-hybridized carbons (Fsp3) is 0.571. The van der Waals surface area contributed by atoms with Crippen molar-refractivity contribution in [2.75, 3.05) is 26.8 Å². The molecule has 1 aromatic rings. The van der Waals surface area contributed by atoms with Crippen molar-refractivity contribution in [1.82, 2.24) is 4.90 Å². The SMILES string of the molecule is COCCN1CCC(N)C1c1ccc(C(F)(F)F)cc1. The summed E-state index contributed by atoms with van der Waals surface area (Å²) in [7, 11) is 1.63. The number of rotatable bonds is 4. The van der Waals surface area contributed by atoms with Crippen molar-refractivity contribution in [3.05, 3.63) is 35.4 Å². The maximum Gasteiger partial charge on any atom is 0.416 e. The minimum atomic E-state index is -4.30. The molecule has 1 saturated heterocycles. The molecular formula is C14H19F3N2O. The van der Waals surface area contributed by atoms with E-state index in [4.69, 9.17) is 10.5 Å². The van der Waals surface area contributed by atoms with Gasteiger partial charge in [0, 0.05) is 26.2 Å². The van der Waals surface area contributed by atoms with E-state index in [0.717, 1.165) is 37.2 Å². The van der Waals surface area contributed by atoms with Gasteiger partial charge in [0.05, 0.1) is 18.2 Å². The van der Waals surface area contributed by atoms with Gasteiger partial charge in [0.15, 0.2) is 0 Å². The van der Waals surface area contributed by atoms with Crippen molar-refractivity contribution in [3.8, 4) is 0 Å². The summed E-state index contributed by atoms with van der Waals surface area (Å²) in [5.74, 6) is 0. The minimum absolute atomic E-state index is 0.0348. The molecule has 2 N–H and O–H groups in total. The Morgan fingerprint density at radius 3 is 2.50 bits per heavy atom. The molecule has 0 spiro atoms. The van der Waals surface area contributed by atoms with Crippen LogP contribution < -0.4 is 5.73 Å². The van der Waals surface area contributed by atoms with E-state index in [0.29, 0.717) is 6.61 Å². The number of hydrogen-bond donors (Lipinski definition) is 1. The second-order valence-corrected chi connectivity index (χ2v) is 5.05. The molecule has 2 unspecified atom stereocenters. The number of alkyl halides is 3. The molecule has 112 valence electrons. The number of likely N-dealkylation sites (tertiary alicyclic amines) is 1. The van der Waals surface area contributed by atoms with E-state index >= 15 is 0 Å². The lowest BCUT2D eigenvalue weighted by Gasteiger charge is -2.27. The molecule has 0 aliphatic carbocycles. The highest BCUT2D eigenvalue weighted by atomic mass is 19.4. The van der Waals surface area contributed by atoms with E-state index in [-0.39, 0.29) is 12.1 Å². The molecule has 0 bridgehead atoms. The lowest BCUT2D eigenvalue weighted by atomic mass is 9.99. The molecule has 6 heteroatoms. The van der Waals surface area contributed by atoms with Crippen LogP contribution in [0.5, 0.6) is 0 Å². The van der Waals surface area contributed by atoms with Crippen LogP contribution in [-0.4, -0.2) is 37.7 Å². The summed E-state index contributed by atoms with van der Waals surface area (Å²) in [5, 5.41) is 0. The van der Waals surface area contributed by atoms with Gasteiger partial charge in [0.2, 0.25) is 0 Å². The largest absolute Gasteiger partial charge is 0.416 e. The lowest BCUT2D eigenvalue weighted by Crippen LogP contribution is -2.33. The van der Waals surface area contributed by atoms with Gasteiger partial charge in [-0.1, -0.05) is 12.1 Å². The summed E-state index contributed by atoms with van der Waals surface area (Å²) in [6.07, 6.45) is -3.46. The number of nitrogens with zero attached hydrogens (tertiary/aromatic N) is 1. The van der Waals surface area contributed by atoms with Gasteiger partial charge < -0.3 is 10.5 Å². The van der Waals surface area contributed by atoms with Crippen molar-refractivity contribution in [1.29, 1.82) is 0 Å². The predicted molar refractivity (Wildman–Crippen MR) is 70.2 cm³/mol. The molecule has 1 fully saturated rings. The first-order valence-corrected chi connectivity index (χ1v) is 6.59. The Bertz CT molecular complexity index is 433. The molecule has 0 aromatic heterocycles. The summed E-state index contributed by atoms with van der Waals surface area (Å²) in [4.78, 5) is 2.16. The average molecular weight is 288 g/mol. The van der Waals surface area contributed by atoms with Crippen LogP contribution in [0.4, 0.5) is 13.2 Å². The van der Waals surface area contributed by atoms with E-state index < -0.39 is 11.7 Å². The molecular weight excluding hydrogens is 269 g/mol. The fourth-order valence-corrected chi connectivity index (χ4v) is 2.67. The Hall–Kier alpha value is -1.11. The highest BCUT2D eigenvalue weighted by Crippen LogP contribution is 2.34. The molecule has 2 atom stereocenters. The van der Waals surface area contributed by atoms with Crippen molar-refractivity contribution in [2.45, 2.75) is 24.7 Å². The first-order valence-electron chi connectivity index (χ1n) is 6.59. The van der Waals surface area contributed by atoms with Gasteiger partial charge >= 0.3 is 6.18 Å². The van der Waals surface area contributed by atoms with Gasteiger partial charge in [-0.25, -0.2) is 0 Å². The molecule has 1 aliphatic rings. The van der Waals surface area contributed by atoms with E-state index in [1.165, 1.54) is 12.1 Å². The summed E-state index contributed by atoms with van der Waals surface area (Å²) in [6, 6.07) is 5.21. The zero-order chi connectivity index (χ0) is 14.8. The maximum absolute atomic E-state index is 12.6. The van der Waals surface area contributed by atoms with Crippen LogP contribution in [0.15, 0.2) is 24.3 Å². The van der Waals surface area contributed by atoms with Gasteiger partial charge in [-0.3, -0.25) is 4.90 Å². The number of methoxy groups -OCH3 is 1. The maximum atomic E-state index is 12.6. The van der Waals surface area contributed by atoms with Crippen molar-refractivity contribution in [3.63, 3.8) is 0 Å². The number of nitrogens with two attached hydrogens (primary N) is 1. The first-order chi connectivity index (χ1) is 9.43. The van der Waals surface area contributed by atoms with E-state index in [2.05, 4.69) is 4.90 Å². The predicted octanol–water partition coefficient (Wildman–Crippen LogP) is 2.43. The van der Waals surface area contributed by atoms with Crippen LogP contribution in [0.2, 0.25) is 0 Å². The molecule has 20 heavy (non-hydrogen) atoms. The Balaban J connectivity index is 2.16. The monoisotopic (exact) mass is 288 g/mol. The van der Waals surface area contributed by atoms with Crippen LogP contribution in [-0.2, 0) is 10.9 Å². The third kappa shape index (κ3) is 3.31. The van der Waals surface area contributed by atoms with Crippen LogP contribution in [0, 0.1) is 0 Å². The Morgan fingerprint density at radius 2 is 1.95 bits per heavy atom. The van der Waals surface area contributed by atoms with Crippen LogP contribution in [0.25, 0.3) is 0 Å². The van der Waals surface area contributed by atoms with Crippen molar-refractivity contribution < 1.29 is 17.9 Å². The number of halogens is 3. The van der Waals surface area contributed by atoms with Crippen molar-refractivity contribution in [2.24, 2.45) is 5.73 Å². The molecule has 0 saturated carbocycles. The average Bonchev–Trinajstić information content (AvgIpc) is 2.76. The molecule has 0 radical (unpaired) electrons. The van der Waals surface area contributed by atoms with Gasteiger partial charge in [-0.2, -0.15) is 13.2 Å². The van der Waals surface area contributed by atoms with Gasteiger partial charge in [0.1, 0.15) is 0 Å². The smallest absolute Gasteiger partial charge is 0.383 e. The topological polar surface area (TPSA) is 38.5 Å². The fourth-order valence-electron chi connectivity index (χ4n) is 2.67. The van der Waals surface area contributed by atoms with E-state index in [1.54, 1.807) is 7.11 Å². The zero-order valence-corrected chi connectivity index (χ0v) is 11.4. The van der Waals surface area contributed by atoms with E-state index in [1.807, 2.05) is 0 Å². The minimum Gasteiger partial charge on any atom is -0.383 e. The zero-order valence-electron chi connectivity index (χ0n) is 11.4. The second-order valence-electron chi connectivity index (χ2n) is 5.05. The second kappa shape index (κ2) is 6.11. The molecule has 0 amide bonds. The number of benzene rings is 1. The number of ether oxygens (including phenoxy) is 1. The van der Waals surface area contributed by atoms with Crippen LogP contribution >= 0.6 is 0 Å². The summed E-state index contributed by atoms with van der Waals surface area (Å²) in [6.45, 7) is 2.16. The third-order valence-corrected chi connectivity index (χ3v) is 3.71. The molecule has 3 nitrogen and oxygen atoms in total. The Kier molecular flexibility index (Phi) is 4.67. The standard InChI is InChI=1S/C14H19F3N2O/c1-20-9-8-19-7-6-12(18)13(19)10-2-4-11(5-3-10)14(15,16)17/h2-5,12-13H,6-9,18H2,1H3. The first kappa shape index (κ1) is 15.3. The summed E-state index contributed by atoms with van der Waals surface area (Å²) in [5.41, 5.74) is 6.30. The quantitative estimate of drug-likeness (QED) is 0.924. The Labute approximate surface area is 116 Å². The van der Waals surface area contributed by atoms with Gasteiger partial charge in [-0.15, -0.1) is 0 Å². The molecule has 1 aliphatic heterocycles. The van der Waals surface area contributed by atoms with Crippen LogP contribution in [0.3, 0.4) is 0 Å². The van der Waals surface area contributed by atoms with Crippen LogP contribution in [0.1, 0.15) is 23.6 Å². The van der Waals surface area contributed by atoms with Crippen molar-refractivity contribution >= 4 is 0 Å². The molecule has 2 rings (SSSR count).